The van der Waals surface area contributed by atoms with Crippen molar-refractivity contribution in [1.82, 2.24) is 0 Å². The van der Waals surface area contributed by atoms with Crippen molar-refractivity contribution >= 4 is 17.4 Å². The molecule has 0 saturated carbocycles. The molecule has 0 aliphatic heterocycles. The molecule has 2 rings (SSSR count). The van der Waals surface area contributed by atoms with Gasteiger partial charge in [0.1, 0.15) is 0 Å². The first-order chi connectivity index (χ1) is 8.61. The van der Waals surface area contributed by atoms with Crippen molar-refractivity contribution in [3.05, 3.63) is 54.3 Å². The molecule has 18 heavy (non-hydrogen) atoms. The molecule has 0 aromatic heterocycles. The number of nitrogens with zero attached hydrogens (tertiary/aromatic N) is 1. The van der Waals surface area contributed by atoms with E-state index in [1.54, 1.807) is 30.3 Å². The molecule has 0 saturated heterocycles. The number of hydrogen-bond acceptors (Lipinski definition) is 2. The van der Waals surface area contributed by atoms with Gasteiger partial charge in [-0.3, -0.25) is 4.90 Å². The molecule has 0 atom stereocenters. The van der Waals surface area contributed by atoms with Crippen LogP contribution in [0.5, 0.6) is 5.75 Å². The van der Waals surface area contributed by atoms with Crippen LogP contribution in [0, 0.1) is 5.82 Å². The number of amides is 2. The van der Waals surface area contributed by atoms with Crippen LogP contribution in [0.15, 0.2) is 48.5 Å². The maximum absolute atomic E-state index is 13.3. The third-order valence-electron chi connectivity index (χ3n) is 2.44. The molecule has 4 nitrogen and oxygen atoms in total. The fourth-order valence-corrected chi connectivity index (χ4v) is 1.65. The maximum Gasteiger partial charge on any atom is 0.324 e. The number of nitrogens with two attached hydrogens (primary N) is 1. The van der Waals surface area contributed by atoms with E-state index in [9.17, 15) is 14.3 Å². The summed E-state index contributed by atoms with van der Waals surface area (Å²) in [5.41, 5.74) is 5.73. The highest BCUT2D eigenvalue weighted by Gasteiger charge is 2.19. The molecular weight excluding hydrogens is 235 g/mol. The van der Waals surface area contributed by atoms with Crippen molar-refractivity contribution in [3.63, 3.8) is 0 Å². The highest BCUT2D eigenvalue weighted by Crippen LogP contribution is 2.34. The topological polar surface area (TPSA) is 66.6 Å². The Bertz CT molecular complexity index is 572. The van der Waals surface area contributed by atoms with Gasteiger partial charge in [-0.15, -0.1) is 0 Å². The van der Waals surface area contributed by atoms with Crippen molar-refractivity contribution in [2.24, 2.45) is 5.73 Å². The van der Waals surface area contributed by atoms with Crippen molar-refractivity contribution < 1.29 is 14.3 Å². The minimum atomic E-state index is -0.810. The van der Waals surface area contributed by atoms with E-state index in [0.717, 1.165) is 11.0 Å². The predicted octanol–water partition coefficient (Wildman–Crippen LogP) is 2.75. The Morgan fingerprint density at radius 2 is 1.78 bits per heavy atom. The van der Waals surface area contributed by atoms with Crippen LogP contribution < -0.4 is 10.6 Å². The summed E-state index contributed by atoms with van der Waals surface area (Å²) in [6.45, 7) is 0. The van der Waals surface area contributed by atoms with E-state index in [4.69, 9.17) is 5.73 Å². The number of primary amides is 1. The number of rotatable bonds is 2. The lowest BCUT2D eigenvalue weighted by atomic mass is 10.2. The van der Waals surface area contributed by atoms with Gasteiger partial charge in [-0.2, -0.15) is 0 Å². The van der Waals surface area contributed by atoms with Gasteiger partial charge in [-0.1, -0.05) is 24.3 Å². The van der Waals surface area contributed by atoms with Crippen molar-refractivity contribution in [3.8, 4) is 5.75 Å². The number of aromatic hydroxyl groups is 1. The summed E-state index contributed by atoms with van der Waals surface area (Å²) in [6.07, 6.45) is 0. The van der Waals surface area contributed by atoms with E-state index < -0.39 is 17.6 Å². The smallest absolute Gasteiger partial charge is 0.324 e. The number of halogens is 1. The molecule has 0 unspecified atom stereocenters. The van der Waals surface area contributed by atoms with E-state index in [0.29, 0.717) is 5.69 Å². The van der Waals surface area contributed by atoms with Crippen LogP contribution in [0.4, 0.5) is 20.6 Å². The first kappa shape index (κ1) is 11.9. The Morgan fingerprint density at radius 1 is 1.11 bits per heavy atom. The van der Waals surface area contributed by atoms with Crippen LogP contribution in [-0.4, -0.2) is 11.1 Å². The SMILES string of the molecule is NC(=O)N(c1ccccc1)c1cccc(F)c1O. The number of hydrogen-bond donors (Lipinski definition) is 2. The average molecular weight is 246 g/mol. The summed E-state index contributed by atoms with van der Waals surface area (Å²) in [5, 5.41) is 9.65. The van der Waals surface area contributed by atoms with Gasteiger partial charge in [0.25, 0.3) is 0 Å². The molecule has 0 aliphatic rings. The van der Waals surface area contributed by atoms with E-state index in [1.165, 1.54) is 12.1 Å². The number of urea groups is 1. The number of phenols is 1. The van der Waals surface area contributed by atoms with Crippen molar-refractivity contribution in [2.45, 2.75) is 0 Å². The average Bonchev–Trinajstić information content (AvgIpc) is 2.36. The monoisotopic (exact) mass is 246 g/mol. The van der Waals surface area contributed by atoms with E-state index in [2.05, 4.69) is 0 Å². The quantitative estimate of drug-likeness (QED) is 0.855. The van der Waals surface area contributed by atoms with Crippen LogP contribution in [0.25, 0.3) is 0 Å². The second kappa shape index (κ2) is 4.75. The molecule has 3 N–H and O–H groups in total. The summed E-state index contributed by atoms with van der Waals surface area (Å²) in [7, 11) is 0. The highest BCUT2D eigenvalue weighted by atomic mass is 19.1. The number of anilines is 2. The van der Waals surface area contributed by atoms with E-state index in [-0.39, 0.29) is 5.69 Å². The van der Waals surface area contributed by atoms with Gasteiger partial charge >= 0.3 is 6.03 Å². The second-order valence-electron chi connectivity index (χ2n) is 3.62. The maximum atomic E-state index is 13.3. The lowest BCUT2D eigenvalue weighted by molar-refractivity contribution is 0.256. The largest absolute Gasteiger partial charge is 0.503 e. The normalized spacial score (nSPS) is 10.1. The molecule has 2 amide bonds. The van der Waals surface area contributed by atoms with Crippen LogP contribution in [0.2, 0.25) is 0 Å². The summed E-state index contributed by atoms with van der Waals surface area (Å²) in [4.78, 5) is 12.5. The minimum Gasteiger partial charge on any atom is -0.503 e. The summed E-state index contributed by atoms with van der Waals surface area (Å²) < 4.78 is 13.3. The van der Waals surface area contributed by atoms with Crippen LogP contribution in [0.3, 0.4) is 0 Å². The highest BCUT2D eigenvalue weighted by molar-refractivity contribution is 5.99. The Labute approximate surface area is 103 Å². The van der Waals surface area contributed by atoms with Gasteiger partial charge in [0.15, 0.2) is 11.6 Å². The fourth-order valence-electron chi connectivity index (χ4n) is 1.65. The van der Waals surface area contributed by atoms with E-state index in [1.807, 2.05) is 0 Å². The number of benzene rings is 2. The third kappa shape index (κ3) is 2.10. The molecule has 0 spiro atoms. The first-order valence-electron chi connectivity index (χ1n) is 5.23. The first-order valence-corrected chi connectivity index (χ1v) is 5.23. The summed E-state index contributed by atoms with van der Waals surface area (Å²) >= 11 is 0. The van der Waals surface area contributed by atoms with Crippen LogP contribution in [0.1, 0.15) is 0 Å². The minimum absolute atomic E-state index is 0.00806. The Morgan fingerprint density at radius 3 is 2.39 bits per heavy atom. The summed E-state index contributed by atoms with van der Waals surface area (Å²) in [5.74, 6) is -1.42. The molecule has 0 fully saturated rings. The molecule has 0 heterocycles. The zero-order valence-electron chi connectivity index (χ0n) is 9.38. The number of carbonyl (C=O) groups excluding carboxylic acids is 1. The van der Waals surface area contributed by atoms with Crippen molar-refractivity contribution in [2.75, 3.05) is 4.90 Å². The Hall–Kier alpha value is -2.56. The lowest BCUT2D eigenvalue weighted by Crippen LogP contribution is -2.31. The standard InChI is InChI=1S/C13H11FN2O2/c14-10-7-4-8-11(12(10)17)16(13(15)18)9-5-2-1-3-6-9/h1-8,17H,(H2,15,18). The predicted molar refractivity (Wildman–Crippen MR) is 66.2 cm³/mol. The second-order valence-corrected chi connectivity index (χ2v) is 3.62. The fraction of sp³-hybridized carbons (Fsp3) is 0. The molecular formula is C13H11FN2O2. The van der Waals surface area contributed by atoms with Gasteiger partial charge in [0, 0.05) is 0 Å². The third-order valence-corrected chi connectivity index (χ3v) is 2.44. The molecule has 2 aromatic rings. The van der Waals surface area contributed by atoms with E-state index >= 15 is 0 Å². The van der Waals surface area contributed by atoms with Crippen LogP contribution >= 0.6 is 0 Å². The molecule has 92 valence electrons. The number of carbonyl (C=O) groups is 1. The van der Waals surface area contributed by atoms with Crippen molar-refractivity contribution in [1.29, 1.82) is 0 Å². The number of para-hydroxylation sites is 2. The number of phenolic OH excluding ortho intramolecular Hbond substituents is 1. The van der Waals surface area contributed by atoms with Gasteiger partial charge < -0.3 is 10.8 Å². The Kier molecular flexibility index (Phi) is 3.14. The van der Waals surface area contributed by atoms with Gasteiger partial charge in [0.05, 0.1) is 11.4 Å². The summed E-state index contributed by atoms with van der Waals surface area (Å²) in [6, 6.07) is 11.6. The lowest BCUT2D eigenvalue weighted by Gasteiger charge is -2.21. The molecule has 5 heteroatoms. The molecule has 2 aromatic carbocycles. The zero-order chi connectivity index (χ0) is 13.1. The van der Waals surface area contributed by atoms with Gasteiger partial charge in [-0.25, -0.2) is 9.18 Å². The van der Waals surface area contributed by atoms with Gasteiger partial charge in [-0.05, 0) is 24.3 Å². The molecule has 0 radical (unpaired) electrons. The zero-order valence-corrected chi connectivity index (χ0v) is 9.38. The Balaban J connectivity index is 2.56. The van der Waals surface area contributed by atoms with Gasteiger partial charge in [0.2, 0.25) is 0 Å². The molecule has 0 aliphatic carbocycles. The molecule has 0 bridgehead atoms. The van der Waals surface area contributed by atoms with Crippen LogP contribution in [-0.2, 0) is 0 Å².